The molecule has 1 aromatic rings. The lowest BCUT2D eigenvalue weighted by Crippen LogP contribution is -2.02. The van der Waals surface area contributed by atoms with Crippen LogP contribution in [-0.2, 0) is 12.8 Å². The van der Waals surface area contributed by atoms with Crippen molar-refractivity contribution in [2.45, 2.75) is 26.2 Å². The molecule has 2 N–H and O–H groups in total. The van der Waals surface area contributed by atoms with Gasteiger partial charge in [0.05, 0.1) is 0 Å². The van der Waals surface area contributed by atoms with E-state index in [4.69, 9.17) is 5.73 Å². The van der Waals surface area contributed by atoms with Gasteiger partial charge in [0.15, 0.2) is 0 Å². The van der Waals surface area contributed by atoms with E-state index in [1.165, 1.54) is 17.5 Å². The van der Waals surface area contributed by atoms with Gasteiger partial charge in [0, 0.05) is 12.1 Å². The fourth-order valence-corrected chi connectivity index (χ4v) is 1.49. The lowest BCUT2D eigenvalue weighted by atomic mass is 10.00. The van der Waals surface area contributed by atoms with Gasteiger partial charge in [0.1, 0.15) is 0 Å². The summed E-state index contributed by atoms with van der Waals surface area (Å²) in [4.78, 5) is 0. The predicted octanol–water partition coefficient (Wildman–Crippen LogP) is 2.65. The van der Waals surface area contributed by atoms with Gasteiger partial charge in [-0.05, 0) is 17.5 Å². The van der Waals surface area contributed by atoms with Crippen molar-refractivity contribution in [1.29, 1.82) is 0 Å². The normalized spacial score (nSPS) is 9.92. The molecule has 0 aromatic heterocycles. The average molecular weight is 175 g/mol. The highest BCUT2D eigenvalue weighted by molar-refractivity contribution is 5.30. The largest absolute Gasteiger partial charge is 0.402 e. The summed E-state index contributed by atoms with van der Waals surface area (Å²) in [5.41, 5.74) is 9.05. The molecule has 70 valence electrons. The molecule has 0 aliphatic carbocycles. The van der Waals surface area contributed by atoms with E-state index in [1.54, 1.807) is 0 Å². The van der Waals surface area contributed by atoms with Crippen molar-refractivity contribution in [2.24, 2.45) is 5.73 Å². The van der Waals surface area contributed by atoms with Crippen molar-refractivity contribution in [3.8, 4) is 0 Å². The van der Waals surface area contributed by atoms with Crippen molar-refractivity contribution in [3.05, 3.63) is 47.7 Å². The van der Waals surface area contributed by atoms with E-state index in [0.29, 0.717) is 0 Å². The maximum Gasteiger partial charge on any atom is 0.0117 e. The summed E-state index contributed by atoms with van der Waals surface area (Å²) in [7, 11) is 0. The fraction of sp³-hybridized carbons (Fsp3) is 0.333. The first-order valence-corrected chi connectivity index (χ1v) is 4.74. The molecule has 0 atom stereocenters. The third-order valence-corrected chi connectivity index (χ3v) is 2.06. The summed E-state index contributed by atoms with van der Waals surface area (Å²) in [6, 6.07) is 8.43. The Morgan fingerprint density at radius 1 is 1.31 bits per heavy atom. The Bertz CT molecular complexity index is 289. The van der Waals surface area contributed by atoms with Crippen LogP contribution in [0.4, 0.5) is 0 Å². The van der Waals surface area contributed by atoms with Crippen LogP contribution in [0.25, 0.3) is 0 Å². The molecule has 1 nitrogen and oxygen atoms in total. The van der Waals surface area contributed by atoms with Crippen LogP contribution in [0.3, 0.4) is 0 Å². The topological polar surface area (TPSA) is 26.0 Å². The predicted molar refractivity (Wildman–Crippen MR) is 57.5 cm³/mol. The molecular formula is C12H17N. The van der Waals surface area contributed by atoms with Crippen molar-refractivity contribution in [3.63, 3.8) is 0 Å². The SMILES string of the molecule is C=C(N)Cc1ccccc1CCC. The molecule has 0 fully saturated rings. The summed E-state index contributed by atoms with van der Waals surface area (Å²) in [5, 5.41) is 0. The minimum absolute atomic E-state index is 0.739. The zero-order valence-corrected chi connectivity index (χ0v) is 8.22. The second-order valence-electron chi connectivity index (χ2n) is 3.35. The maximum absolute atomic E-state index is 5.60. The number of allylic oxidation sites excluding steroid dienone is 1. The molecule has 0 amide bonds. The number of benzene rings is 1. The highest BCUT2D eigenvalue weighted by Gasteiger charge is 2.00. The minimum atomic E-state index is 0.739. The molecular weight excluding hydrogens is 158 g/mol. The van der Waals surface area contributed by atoms with Crippen LogP contribution < -0.4 is 5.73 Å². The third-order valence-electron chi connectivity index (χ3n) is 2.06. The Hall–Kier alpha value is -1.24. The van der Waals surface area contributed by atoms with Crippen LogP contribution >= 0.6 is 0 Å². The first-order valence-electron chi connectivity index (χ1n) is 4.74. The summed E-state index contributed by atoms with van der Waals surface area (Å²) < 4.78 is 0. The summed E-state index contributed by atoms with van der Waals surface area (Å²) in [6.07, 6.45) is 3.10. The number of hydrogen-bond donors (Lipinski definition) is 1. The van der Waals surface area contributed by atoms with E-state index in [1.807, 2.05) is 0 Å². The summed E-state index contributed by atoms with van der Waals surface area (Å²) in [5.74, 6) is 0. The van der Waals surface area contributed by atoms with Gasteiger partial charge in [-0.25, -0.2) is 0 Å². The van der Waals surface area contributed by atoms with Crippen LogP contribution in [0.5, 0.6) is 0 Å². The van der Waals surface area contributed by atoms with Crippen molar-refractivity contribution in [1.82, 2.24) is 0 Å². The molecule has 0 saturated heterocycles. The Kier molecular flexibility index (Phi) is 3.56. The van der Waals surface area contributed by atoms with Gasteiger partial charge in [-0.3, -0.25) is 0 Å². The molecule has 0 heterocycles. The quantitative estimate of drug-likeness (QED) is 0.748. The first-order chi connectivity index (χ1) is 6.24. The van der Waals surface area contributed by atoms with Crippen LogP contribution in [-0.4, -0.2) is 0 Å². The Balaban J connectivity index is 2.84. The van der Waals surface area contributed by atoms with E-state index >= 15 is 0 Å². The summed E-state index contributed by atoms with van der Waals surface area (Å²) in [6.45, 7) is 5.92. The molecule has 1 heteroatoms. The number of hydrogen-bond acceptors (Lipinski definition) is 1. The monoisotopic (exact) mass is 175 g/mol. The molecule has 13 heavy (non-hydrogen) atoms. The molecule has 0 radical (unpaired) electrons. The van der Waals surface area contributed by atoms with E-state index < -0.39 is 0 Å². The highest BCUT2D eigenvalue weighted by atomic mass is 14.6. The van der Waals surface area contributed by atoms with Crippen LogP contribution in [0.15, 0.2) is 36.5 Å². The van der Waals surface area contributed by atoms with Crippen LogP contribution in [0.1, 0.15) is 24.5 Å². The fourth-order valence-electron chi connectivity index (χ4n) is 1.49. The second kappa shape index (κ2) is 4.70. The van der Waals surface area contributed by atoms with Crippen molar-refractivity contribution >= 4 is 0 Å². The zero-order chi connectivity index (χ0) is 9.68. The maximum atomic E-state index is 5.60. The van der Waals surface area contributed by atoms with Crippen LogP contribution in [0.2, 0.25) is 0 Å². The van der Waals surface area contributed by atoms with E-state index in [9.17, 15) is 0 Å². The molecule has 0 aliphatic heterocycles. The third kappa shape index (κ3) is 2.94. The zero-order valence-electron chi connectivity index (χ0n) is 8.22. The molecule has 0 aliphatic rings. The second-order valence-corrected chi connectivity index (χ2v) is 3.35. The Labute approximate surface area is 80.3 Å². The minimum Gasteiger partial charge on any atom is -0.402 e. The number of rotatable bonds is 4. The van der Waals surface area contributed by atoms with Gasteiger partial charge < -0.3 is 5.73 Å². The van der Waals surface area contributed by atoms with Gasteiger partial charge in [-0.1, -0.05) is 44.2 Å². The van der Waals surface area contributed by atoms with Gasteiger partial charge in [0.2, 0.25) is 0 Å². The van der Waals surface area contributed by atoms with Gasteiger partial charge in [-0.2, -0.15) is 0 Å². The molecule has 0 spiro atoms. The Morgan fingerprint density at radius 2 is 1.92 bits per heavy atom. The molecule has 0 unspecified atom stereocenters. The van der Waals surface area contributed by atoms with Gasteiger partial charge in [-0.15, -0.1) is 0 Å². The van der Waals surface area contributed by atoms with E-state index in [-0.39, 0.29) is 0 Å². The highest BCUT2D eigenvalue weighted by Crippen LogP contribution is 2.13. The lowest BCUT2D eigenvalue weighted by molar-refractivity contribution is 0.901. The molecule has 1 rings (SSSR count). The molecule has 0 saturated carbocycles. The summed E-state index contributed by atoms with van der Waals surface area (Å²) >= 11 is 0. The number of aryl methyl sites for hydroxylation is 1. The van der Waals surface area contributed by atoms with Gasteiger partial charge >= 0.3 is 0 Å². The number of nitrogens with two attached hydrogens (primary N) is 1. The van der Waals surface area contributed by atoms with E-state index in [0.717, 1.165) is 18.5 Å². The average Bonchev–Trinajstić information content (AvgIpc) is 2.08. The van der Waals surface area contributed by atoms with Crippen molar-refractivity contribution < 1.29 is 0 Å². The first kappa shape index (κ1) is 9.85. The smallest absolute Gasteiger partial charge is 0.0117 e. The van der Waals surface area contributed by atoms with Gasteiger partial charge in [0.25, 0.3) is 0 Å². The lowest BCUT2D eigenvalue weighted by Gasteiger charge is -2.07. The molecule has 0 bridgehead atoms. The standard InChI is InChI=1S/C12H17N/c1-3-6-11-7-4-5-8-12(11)9-10(2)13/h4-5,7-8H,2-3,6,9,13H2,1H3. The van der Waals surface area contributed by atoms with Crippen LogP contribution in [0, 0.1) is 0 Å². The molecule has 1 aromatic carbocycles. The Morgan fingerprint density at radius 3 is 2.46 bits per heavy atom. The van der Waals surface area contributed by atoms with E-state index in [2.05, 4.69) is 37.8 Å². The van der Waals surface area contributed by atoms with Crippen molar-refractivity contribution in [2.75, 3.05) is 0 Å².